The van der Waals surface area contributed by atoms with Crippen molar-refractivity contribution in [2.75, 3.05) is 51.5 Å². The average molecular weight is 343 g/mol. The lowest BCUT2D eigenvalue weighted by atomic mass is 10.2. The lowest BCUT2D eigenvalue weighted by Crippen LogP contribution is -2.46. The molecule has 1 fully saturated rings. The van der Waals surface area contributed by atoms with Crippen molar-refractivity contribution in [1.29, 1.82) is 0 Å². The maximum Gasteiger partial charge on any atom is 0.237 e. The number of carbonyl (C=O) groups is 1. The van der Waals surface area contributed by atoms with Gasteiger partial charge in [0, 0.05) is 33.0 Å². The number of aromatic nitrogens is 2. The molecule has 0 unspecified atom stereocenters. The highest BCUT2D eigenvalue weighted by atomic mass is 32.2. The van der Waals surface area contributed by atoms with Crippen molar-refractivity contribution in [2.45, 2.75) is 6.10 Å². The van der Waals surface area contributed by atoms with Gasteiger partial charge in [-0.25, -0.2) is 18.1 Å². The van der Waals surface area contributed by atoms with E-state index in [0.717, 1.165) is 6.26 Å². The van der Waals surface area contributed by atoms with Crippen molar-refractivity contribution < 1.29 is 17.9 Å². The van der Waals surface area contributed by atoms with Crippen molar-refractivity contribution in [1.82, 2.24) is 19.6 Å². The predicted molar refractivity (Wildman–Crippen MR) is 84.5 cm³/mol. The van der Waals surface area contributed by atoms with E-state index in [1.165, 1.54) is 0 Å². The first-order chi connectivity index (χ1) is 10.8. The molecule has 1 aliphatic rings. The minimum Gasteiger partial charge on any atom is -0.368 e. The monoisotopic (exact) mass is 343 g/mol. The van der Waals surface area contributed by atoms with Crippen LogP contribution in [-0.2, 0) is 19.6 Å². The fourth-order valence-corrected chi connectivity index (χ4v) is 2.64. The molecule has 1 aromatic rings. The second-order valence-corrected chi connectivity index (χ2v) is 7.29. The number of carbonyl (C=O) groups excluding carboxylic acids is 1. The van der Waals surface area contributed by atoms with Crippen LogP contribution in [-0.4, -0.2) is 75.8 Å². The molecule has 1 atom stereocenters. The van der Waals surface area contributed by atoms with Gasteiger partial charge in [0.15, 0.2) is 5.82 Å². The van der Waals surface area contributed by atoms with Crippen molar-refractivity contribution in [3.05, 3.63) is 18.1 Å². The molecule has 128 valence electrons. The molecular weight excluding hydrogens is 322 g/mol. The fourth-order valence-electron chi connectivity index (χ4n) is 2.26. The van der Waals surface area contributed by atoms with Gasteiger partial charge in [0.2, 0.25) is 15.9 Å². The van der Waals surface area contributed by atoms with Gasteiger partial charge >= 0.3 is 0 Å². The highest BCUT2D eigenvalue weighted by Crippen LogP contribution is 2.26. The maximum atomic E-state index is 12.1. The maximum absolute atomic E-state index is 12.1. The lowest BCUT2D eigenvalue weighted by molar-refractivity contribution is -0.137. The molecule has 1 aromatic heterocycles. The molecule has 1 saturated heterocycles. The number of ether oxygens (including phenoxy) is 1. The zero-order valence-corrected chi connectivity index (χ0v) is 14.2. The summed E-state index contributed by atoms with van der Waals surface area (Å²) in [6.45, 7) is 0.827. The predicted octanol–water partition coefficient (Wildman–Crippen LogP) is -1.01. The number of nitrogens with one attached hydrogen (secondary N) is 1. The first-order valence-corrected chi connectivity index (χ1v) is 8.99. The minimum atomic E-state index is -3.40. The van der Waals surface area contributed by atoms with E-state index >= 15 is 0 Å². The summed E-state index contributed by atoms with van der Waals surface area (Å²) in [5.74, 6) is 0.389. The number of sulfonamides is 1. The third kappa shape index (κ3) is 4.85. The number of amides is 1. The van der Waals surface area contributed by atoms with E-state index in [2.05, 4.69) is 14.7 Å². The summed E-state index contributed by atoms with van der Waals surface area (Å²) in [4.78, 5) is 24.1. The van der Waals surface area contributed by atoms with Gasteiger partial charge in [0.1, 0.15) is 11.8 Å². The van der Waals surface area contributed by atoms with Gasteiger partial charge in [0.25, 0.3) is 0 Å². The molecule has 0 spiro atoms. The Hall–Kier alpha value is -1.78. The molecule has 0 saturated carbocycles. The normalized spacial score (nSPS) is 18.7. The number of hydrogen-bond acceptors (Lipinski definition) is 7. The van der Waals surface area contributed by atoms with E-state index in [1.54, 1.807) is 17.3 Å². The van der Waals surface area contributed by atoms with E-state index in [4.69, 9.17) is 4.74 Å². The molecule has 23 heavy (non-hydrogen) atoms. The Balaban J connectivity index is 2.08. The van der Waals surface area contributed by atoms with E-state index < -0.39 is 16.1 Å². The van der Waals surface area contributed by atoms with E-state index in [-0.39, 0.29) is 12.5 Å². The standard InChI is InChI=1S/C13H21N5O4S/c1-17(2)13-12(14-4-5-15-13)10-9-18(6-7-22-10)11(19)8-16-23(3,20)21/h4-5,10,16H,6-9H2,1-3H3/t10-/m0/s1. The van der Waals surface area contributed by atoms with Gasteiger partial charge < -0.3 is 14.5 Å². The van der Waals surface area contributed by atoms with Gasteiger partial charge in [-0.15, -0.1) is 0 Å². The second-order valence-electron chi connectivity index (χ2n) is 5.45. The molecule has 1 N–H and O–H groups in total. The van der Waals surface area contributed by atoms with Gasteiger partial charge in [-0.2, -0.15) is 0 Å². The summed E-state index contributed by atoms with van der Waals surface area (Å²) in [5.41, 5.74) is 0.658. The van der Waals surface area contributed by atoms with Crippen LogP contribution in [0, 0.1) is 0 Å². The zero-order valence-electron chi connectivity index (χ0n) is 13.4. The van der Waals surface area contributed by atoms with E-state index in [0.29, 0.717) is 31.2 Å². The first kappa shape index (κ1) is 17.6. The first-order valence-electron chi connectivity index (χ1n) is 7.10. The molecule has 0 radical (unpaired) electrons. The summed E-state index contributed by atoms with van der Waals surface area (Å²) < 4.78 is 30.1. The SMILES string of the molecule is CN(C)c1nccnc1[C@@H]1CN(C(=O)CNS(C)(=O)=O)CCO1. The number of hydrogen-bond donors (Lipinski definition) is 1. The van der Waals surface area contributed by atoms with Gasteiger partial charge in [-0.3, -0.25) is 9.78 Å². The molecule has 1 aliphatic heterocycles. The largest absolute Gasteiger partial charge is 0.368 e. The van der Waals surface area contributed by atoms with Crippen LogP contribution in [0.25, 0.3) is 0 Å². The van der Waals surface area contributed by atoms with Crippen LogP contribution >= 0.6 is 0 Å². The Bertz CT molecular complexity index is 664. The molecule has 0 aliphatic carbocycles. The van der Waals surface area contributed by atoms with E-state index in [9.17, 15) is 13.2 Å². The van der Waals surface area contributed by atoms with Crippen molar-refractivity contribution in [2.24, 2.45) is 0 Å². The lowest BCUT2D eigenvalue weighted by Gasteiger charge is -2.33. The Morgan fingerprint density at radius 3 is 2.78 bits per heavy atom. The Morgan fingerprint density at radius 1 is 1.43 bits per heavy atom. The fraction of sp³-hybridized carbons (Fsp3) is 0.615. The van der Waals surface area contributed by atoms with Gasteiger partial charge in [0.05, 0.1) is 26.0 Å². The molecule has 9 nitrogen and oxygen atoms in total. The second kappa shape index (κ2) is 7.20. The minimum absolute atomic E-state index is 0.257. The van der Waals surface area contributed by atoms with Crippen molar-refractivity contribution in [3.8, 4) is 0 Å². The molecule has 2 rings (SSSR count). The summed E-state index contributed by atoms with van der Waals surface area (Å²) in [7, 11) is 0.314. The van der Waals surface area contributed by atoms with Crippen LogP contribution in [0.5, 0.6) is 0 Å². The molecule has 10 heteroatoms. The highest BCUT2D eigenvalue weighted by Gasteiger charge is 2.29. The third-order valence-electron chi connectivity index (χ3n) is 3.34. The van der Waals surface area contributed by atoms with Crippen molar-refractivity contribution >= 4 is 21.7 Å². The molecule has 1 amide bonds. The molecule has 2 heterocycles. The van der Waals surface area contributed by atoms with Crippen molar-refractivity contribution in [3.63, 3.8) is 0 Å². The number of nitrogens with zero attached hydrogens (tertiary/aromatic N) is 4. The Labute approximate surface area is 135 Å². The van der Waals surface area contributed by atoms with Crippen LogP contribution in [0.15, 0.2) is 12.4 Å². The quantitative estimate of drug-likeness (QED) is 0.730. The number of rotatable bonds is 5. The zero-order chi connectivity index (χ0) is 17.0. The third-order valence-corrected chi connectivity index (χ3v) is 4.01. The number of morpholine rings is 1. The van der Waals surface area contributed by atoms with Crippen LogP contribution < -0.4 is 9.62 Å². The number of anilines is 1. The van der Waals surface area contributed by atoms with Crippen LogP contribution in [0.2, 0.25) is 0 Å². The topological polar surface area (TPSA) is 105 Å². The van der Waals surface area contributed by atoms with Gasteiger partial charge in [-0.1, -0.05) is 0 Å². The van der Waals surface area contributed by atoms with Crippen LogP contribution in [0.3, 0.4) is 0 Å². The average Bonchev–Trinajstić information content (AvgIpc) is 2.52. The summed E-state index contributed by atoms with van der Waals surface area (Å²) >= 11 is 0. The smallest absolute Gasteiger partial charge is 0.237 e. The molecule has 0 bridgehead atoms. The Kier molecular flexibility index (Phi) is 5.50. The summed E-state index contributed by atoms with van der Waals surface area (Å²) in [5, 5.41) is 0. The molecule has 0 aromatic carbocycles. The molecular formula is C13H21N5O4S. The van der Waals surface area contributed by atoms with Crippen LogP contribution in [0.4, 0.5) is 5.82 Å². The van der Waals surface area contributed by atoms with Crippen LogP contribution in [0.1, 0.15) is 11.8 Å². The highest BCUT2D eigenvalue weighted by molar-refractivity contribution is 7.88. The summed E-state index contributed by atoms with van der Waals surface area (Å²) in [6, 6.07) is 0. The summed E-state index contributed by atoms with van der Waals surface area (Å²) in [6.07, 6.45) is 3.81. The van der Waals surface area contributed by atoms with E-state index in [1.807, 2.05) is 19.0 Å². The van der Waals surface area contributed by atoms with Gasteiger partial charge in [-0.05, 0) is 0 Å². The Morgan fingerprint density at radius 2 is 2.13 bits per heavy atom.